The van der Waals surface area contributed by atoms with Crippen LogP contribution in [0.25, 0.3) is 0 Å². The van der Waals surface area contributed by atoms with E-state index in [1.165, 1.54) is 0 Å². The van der Waals surface area contributed by atoms with E-state index >= 15 is 0 Å². The summed E-state index contributed by atoms with van der Waals surface area (Å²) in [5, 5.41) is 0. The van der Waals surface area contributed by atoms with Crippen molar-refractivity contribution in [2.45, 2.75) is 32.7 Å². The Kier molecular flexibility index (Phi) is 5.87. The molecule has 0 unspecified atom stereocenters. The number of fused-ring (bicyclic) bond motifs is 1. The maximum atomic E-state index is 11.9. The summed E-state index contributed by atoms with van der Waals surface area (Å²) >= 11 is 0. The highest BCUT2D eigenvalue weighted by Gasteiger charge is 2.21. The van der Waals surface area contributed by atoms with Gasteiger partial charge in [-0.25, -0.2) is 0 Å². The van der Waals surface area contributed by atoms with Crippen LogP contribution in [-0.2, 0) is 16.1 Å². The number of unbranched alkanes of at least 4 members (excludes halogenated alkanes) is 2. The monoisotopic (exact) mass is 292 g/mol. The molecule has 0 saturated heterocycles. The quantitative estimate of drug-likeness (QED) is 0.615. The second kappa shape index (κ2) is 7.88. The van der Waals surface area contributed by atoms with E-state index in [0.29, 0.717) is 26.3 Å². The first-order chi connectivity index (χ1) is 10.2. The molecule has 1 aromatic carbocycles. The molecule has 5 heteroatoms. The molecule has 0 saturated carbocycles. The molecule has 1 aliphatic rings. The van der Waals surface area contributed by atoms with E-state index in [4.69, 9.17) is 15.2 Å². The Morgan fingerprint density at radius 3 is 3.05 bits per heavy atom. The molecule has 0 spiro atoms. The number of hydrogen-bond acceptors (Lipinski definition) is 5. The van der Waals surface area contributed by atoms with Gasteiger partial charge in [-0.2, -0.15) is 0 Å². The zero-order valence-electron chi connectivity index (χ0n) is 12.6. The molecule has 1 heterocycles. The average molecular weight is 292 g/mol. The molecule has 0 aliphatic carbocycles. The van der Waals surface area contributed by atoms with Gasteiger partial charge in [0.2, 0.25) is 0 Å². The van der Waals surface area contributed by atoms with Gasteiger partial charge >= 0.3 is 5.97 Å². The van der Waals surface area contributed by atoms with E-state index in [1.54, 1.807) is 0 Å². The third kappa shape index (κ3) is 4.36. The van der Waals surface area contributed by atoms with E-state index in [9.17, 15) is 4.79 Å². The lowest BCUT2D eigenvalue weighted by atomic mass is 10.1. The number of carbonyl (C=O) groups is 1. The largest absolute Gasteiger partial charge is 0.490 e. The van der Waals surface area contributed by atoms with Crippen molar-refractivity contribution in [3.8, 4) is 5.75 Å². The highest BCUT2D eigenvalue weighted by Crippen LogP contribution is 2.32. The molecule has 116 valence electrons. The molecule has 2 N–H and O–H groups in total. The standard InChI is InChI=1S/C16H24N2O3/c1-2-3-4-8-21-16(19)12-18-7-9-20-15-10-13(11-17)5-6-14(15)18/h5-6,10H,2-4,7-9,11-12,17H2,1H3. The summed E-state index contributed by atoms with van der Waals surface area (Å²) in [4.78, 5) is 13.9. The van der Waals surface area contributed by atoms with E-state index in [-0.39, 0.29) is 12.5 Å². The van der Waals surface area contributed by atoms with Crippen LogP contribution >= 0.6 is 0 Å². The lowest BCUT2D eigenvalue weighted by Gasteiger charge is -2.30. The Labute approximate surface area is 126 Å². The van der Waals surface area contributed by atoms with Crippen molar-refractivity contribution in [3.05, 3.63) is 23.8 Å². The number of hydrogen-bond donors (Lipinski definition) is 1. The lowest BCUT2D eigenvalue weighted by Crippen LogP contribution is -2.37. The molecule has 1 aromatic rings. The van der Waals surface area contributed by atoms with Crippen molar-refractivity contribution in [2.75, 3.05) is 31.2 Å². The molecule has 1 aliphatic heterocycles. The topological polar surface area (TPSA) is 64.8 Å². The number of nitrogens with two attached hydrogens (primary N) is 1. The summed E-state index contributed by atoms with van der Waals surface area (Å²) in [5.74, 6) is 0.616. The van der Waals surface area contributed by atoms with Gasteiger partial charge in [0.25, 0.3) is 0 Å². The van der Waals surface area contributed by atoms with Gasteiger partial charge in [-0.15, -0.1) is 0 Å². The Hall–Kier alpha value is -1.75. The third-order valence-electron chi connectivity index (χ3n) is 3.55. The summed E-state index contributed by atoms with van der Waals surface area (Å²) in [5.41, 5.74) is 7.59. The van der Waals surface area contributed by atoms with Crippen LogP contribution in [0.4, 0.5) is 5.69 Å². The van der Waals surface area contributed by atoms with Crippen LogP contribution in [0, 0.1) is 0 Å². The average Bonchev–Trinajstić information content (AvgIpc) is 2.51. The first-order valence-electron chi connectivity index (χ1n) is 7.61. The minimum atomic E-state index is -0.179. The molecule has 21 heavy (non-hydrogen) atoms. The van der Waals surface area contributed by atoms with Gasteiger partial charge in [-0.1, -0.05) is 25.8 Å². The van der Waals surface area contributed by atoms with Crippen molar-refractivity contribution in [2.24, 2.45) is 5.73 Å². The first kappa shape index (κ1) is 15.6. The van der Waals surface area contributed by atoms with Crippen molar-refractivity contribution in [1.29, 1.82) is 0 Å². The number of esters is 1. The van der Waals surface area contributed by atoms with Crippen molar-refractivity contribution < 1.29 is 14.3 Å². The highest BCUT2D eigenvalue weighted by atomic mass is 16.5. The van der Waals surface area contributed by atoms with Crippen LogP contribution in [0.5, 0.6) is 5.75 Å². The number of nitrogens with zero attached hydrogens (tertiary/aromatic N) is 1. The van der Waals surface area contributed by atoms with E-state index in [2.05, 4.69) is 6.92 Å². The molecule has 0 fully saturated rings. The predicted octanol–water partition coefficient (Wildman–Crippen LogP) is 2.08. The summed E-state index contributed by atoms with van der Waals surface area (Å²) in [6, 6.07) is 5.86. The first-order valence-corrected chi connectivity index (χ1v) is 7.61. The fraction of sp³-hybridized carbons (Fsp3) is 0.562. The third-order valence-corrected chi connectivity index (χ3v) is 3.55. The summed E-state index contributed by atoms with van der Waals surface area (Å²) < 4.78 is 10.9. The minimum absolute atomic E-state index is 0.179. The fourth-order valence-corrected chi connectivity index (χ4v) is 2.35. The normalized spacial score (nSPS) is 13.5. The van der Waals surface area contributed by atoms with Gasteiger partial charge < -0.3 is 20.1 Å². The highest BCUT2D eigenvalue weighted by molar-refractivity contribution is 5.77. The zero-order valence-corrected chi connectivity index (χ0v) is 12.6. The van der Waals surface area contributed by atoms with Crippen molar-refractivity contribution >= 4 is 11.7 Å². The predicted molar refractivity (Wildman–Crippen MR) is 82.5 cm³/mol. The minimum Gasteiger partial charge on any atom is -0.490 e. The zero-order chi connectivity index (χ0) is 15.1. The fourth-order valence-electron chi connectivity index (χ4n) is 2.35. The van der Waals surface area contributed by atoms with Crippen LogP contribution in [0.1, 0.15) is 31.7 Å². The Bertz CT molecular complexity index is 477. The van der Waals surface area contributed by atoms with Gasteiger partial charge in [-0.05, 0) is 24.1 Å². The van der Waals surface area contributed by atoms with Gasteiger partial charge in [0.15, 0.2) is 0 Å². The Balaban J connectivity index is 1.92. The van der Waals surface area contributed by atoms with Crippen LogP contribution in [-0.4, -0.2) is 32.3 Å². The second-order valence-corrected chi connectivity index (χ2v) is 5.20. The summed E-state index contributed by atoms with van der Waals surface area (Å²) in [6.45, 7) is 4.65. The molecule has 2 rings (SSSR count). The molecule has 0 radical (unpaired) electrons. The van der Waals surface area contributed by atoms with Gasteiger partial charge in [0.05, 0.1) is 18.8 Å². The van der Waals surface area contributed by atoms with Crippen LogP contribution in [0.15, 0.2) is 18.2 Å². The van der Waals surface area contributed by atoms with Crippen LogP contribution < -0.4 is 15.4 Å². The second-order valence-electron chi connectivity index (χ2n) is 5.20. The molecule has 0 amide bonds. The number of ether oxygens (including phenoxy) is 2. The van der Waals surface area contributed by atoms with Gasteiger partial charge in [-0.3, -0.25) is 4.79 Å². The summed E-state index contributed by atoms with van der Waals surface area (Å²) in [7, 11) is 0. The molecule has 5 nitrogen and oxygen atoms in total. The number of benzene rings is 1. The maximum absolute atomic E-state index is 11.9. The number of anilines is 1. The SMILES string of the molecule is CCCCCOC(=O)CN1CCOc2cc(CN)ccc21. The molecule has 0 atom stereocenters. The maximum Gasteiger partial charge on any atom is 0.325 e. The summed E-state index contributed by atoms with van der Waals surface area (Å²) in [6.07, 6.45) is 3.15. The van der Waals surface area contributed by atoms with Crippen LogP contribution in [0.2, 0.25) is 0 Å². The Morgan fingerprint density at radius 2 is 2.29 bits per heavy atom. The van der Waals surface area contributed by atoms with Crippen molar-refractivity contribution in [1.82, 2.24) is 0 Å². The lowest BCUT2D eigenvalue weighted by molar-refractivity contribution is -0.142. The molecular weight excluding hydrogens is 268 g/mol. The Morgan fingerprint density at radius 1 is 1.43 bits per heavy atom. The molecular formula is C16H24N2O3. The molecule has 0 bridgehead atoms. The van der Waals surface area contributed by atoms with E-state index in [0.717, 1.165) is 36.3 Å². The van der Waals surface area contributed by atoms with E-state index in [1.807, 2.05) is 23.1 Å². The smallest absolute Gasteiger partial charge is 0.325 e. The van der Waals surface area contributed by atoms with Gasteiger partial charge in [0, 0.05) is 6.54 Å². The van der Waals surface area contributed by atoms with E-state index < -0.39 is 0 Å². The van der Waals surface area contributed by atoms with Crippen molar-refractivity contribution in [3.63, 3.8) is 0 Å². The molecule has 0 aromatic heterocycles. The number of rotatable bonds is 7. The van der Waals surface area contributed by atoms with Crippen LogP contribution in [0.3, 0.4) is 0 Å². The van der Waals surface area contributed by atoms with Gasteiger partial charge in [0.1, 0.15) is 18.9 Å². The number of carbonyl (C=O) groups excluding carboxylic acids is 1.